The van der Waals surface area contributed by atoms with Crippen molar-refractivity contribution in [2.24, 2.45) is 0 Å². The van der Waals surface area contributed by atoms with Gasteiger partial charge in [0.25, 0.3) is 0 Å². The van der Waals surface area contributed by atoms with Crippen LogP contribution in [0.1, 0.15) is 11.3 Å². The highest BCUT2D eigenvalue weighted by molar-refractivity contribution is 7.90. The highest BCUT2D eigenvalue weighted by Gasteiger charge is 2.16. The van der Waals surface area contributed by atoms with Crippen LogP contribution in [-0.2, 0) is 26.6 Å². The second kappa shape index (κ2) is 7.26. The predicted octanol–water partition coefficient (Wildman–Crippen LogP) is 0.986. The van der Waals surface area contributed by atoms with Gasteiger partial charge in [0.05, 0.1) is 23.5 Å². The lowest BCUT2D eigenvalue weighted by molar-refractivity contribution is 0.498. The Hall–Kier alpha value is -1.68. The Balaban J connectivity index is 1.86. The van der Waals surface area contributed by atoms with Crippen LogP contribution < -0.4 is 9.44 Å². The number of sulfonamides is 2. The van der Waals surface area contributed by atoms with Gasteiger partial charge in [0.15, 0.2) is 0 Å². The van der Waals surface area contributed by atoms with Crippen molar-refractivity contribution < 1.29 is 21.3 Å². The van der Waals surface area contributed by atoms with Crippen LogP contribution in [0.3, 0.4) is 0 Å². The lowest BCUT2D eigenvalue weighted by Gasteiger charge is -2.08. The van der Waals surface area contributed by atoms with E-state index in [0.717, 1.165) is 5.56 Å². The zero-order valence-electron chi connectivity index (χ0n) is 12.5. The SMILES string of the molecule is Cc1ccc(S(=O)(=O)NCCS(=O)(=O)NCc2ccco2)cc1. The maximum Gasteiger partial charge on any atom is 0.240 e. The minimum atomic E-state index is -3.72. The maximum atomic E-state index is 12.0. The molecule has 2 rings (SSSR count). The molecule has 2 aromatic rings. The Morgan fingerprint density at radius 3 is 2.30 bits per heavy atom. The van der Waals surface area contributed by atoms with Gasteiger partial charge in [-0.3, -0.25) is 0 Å². The molecule has 2 N–H and O–H groups in total. The summed E-state index contributed by atoms with van der Waals surface area (Å²) < 4.78 is 57.3. The van der Waals surface area contributed by atoms with E-state index in [9.17, 15) is 16.8 Å². The monoisotopic (exact) mass is 358 g/mol. The number of furan rings is 1. The summed E-state index contributed by atoms with van der Waals surface area (Å²) >= 11 is 0. The molecule has 0 saturated carbocycles. The Bertz CT molecular complexity index is 826. The molecular formula is C14H18N2O5S2. The number of hydrogen-bond acceptors (Lipinski definition) is 5. The van der Waals surface area contributed by atoms with E-state index in [1.165, 1.54) is 18.4 Å². The van der Waals surface area contributed by atoms with E-state index in [-0.39, 0.29) is 23.7 Å². The Morgan fingerprint density at radius 2 is 1.70 bits per heavy atom. The molecule has 0 aliphatic heterocycles. The smallest absolute Gasteiger partial charge is 0.240 e. The molecule has 23 heavy (non-hydrogen) atoms. The molecule has 1 aromatic heterocycles. The van der Waals surface area contributed by atoms with E-state index < -0.39 is 20.0 Å². The maximum absolute atomic E-state index is 12.0. The van der Waals surface area contributed by atoms with Gasteiger partial charge in [-0.2, -0.15) is 0 Å². The average Bonchev–Trinajstić information content (AvgIpc) is 2.99. The van der Waals surface area contributed by atoms with Crippen molar-refractivity contribution in [1.82, 2.24) is 9.44 Å². The van der Waals surface area contributed by atoms with Crippen LogP contribution >= 0.6 is 0 Å². The first-order valence-corrected chi connectivity index (χ1v) is 9.98. The third-order valence-corrected chi connectivity index (χ3v) is 5.84. The van der Waals surface area contributed by atoms with Gasteiger partial charge >= 0.3 is 0 Å². The number of aryl methyl sites for hydroxylation is 1. The van der Waals surface area contributed by atoms with Crippen molar-refractivity contribution in [3.05, 3.63) is 54.0 Å². The third kappa shape index (κ3) is 5.47. The van der Waals surface area contributed by atoms with Gasteiger partial charge in [-0.05, 0) is 31.2 Å². The van der Waals surface area contributed by atoms with Gasteiger partial charge in [-0.1, -0.05) is 17.7 Å². The number of benzene rings is 1. The van der Waals surface area contributed by atoms with E-state index in [1.54, 1.807) is 24.3 Å². The van der Waals surface area contributed by atoms with Crippen LogP contribution in [0.25, 0.3) is 0 Å². The normalized spacial score (nSPS) is 12.4. The second-order valence-corrected chi connectivity index (χ2v) is 8.62. The summed E-state index contributed by atoms with van der Waals surface area (Å²) in [6, 6.07) is 9.59. The van der Waals surface area contributed by atoms with Crippen LogP contribution in [0.2, 0.25) is 0 Å². The number of nitrogens with one attached hydrogen (secondary N) is 2. The molecule has 0 atom stereocenters. The van der Waals surface area contributed by atoms with Gasteiger partial charge in [-0.15, -0.1) is 0 Å². The van der Waals surface area contributed by atoms with Crippen molar-refractivity contribution in [2.75, 3.05) is 12.3 Å². The fourth-order valence-corrected chi connectivity index (χ4v) is 3.82. The van der Waals surface area contributed by atoms with E-state index >= 15 is 0 Å². The minimum Gasteiger partial charge on any atom is -0.468 e. The molecule has 0 amide bonds. The fraction of sp³-hybridized carbons (Fsp3) is 0.286. The van der Waals surface area contributed by atoms with Gasteiger partial charge in [0, 0.05) is 6.54 Å². The molecule has 0 radical (unpaired) electrons. The molecule has 0 saturated heterocycles. The standard InChI is InChI=1S/C14H18N2O5S2/c1-12-4-6-14(7-5-12)23(19,20)15-8-10-22(17,18)16-11-13-3-2-9-21-13/h2-7,9,15-16H,8,10-11H2,1H3. The molecule has 0 aliphatic carbocycles. The summed E-state index contributed by atoms with van der Waals surface area (Å²) in [4.78, 5) is 0.101. The highest BCUT2D eigenvalue weighted by Crippen LogP contribution is 2.09. The van der Waals surface area contributed by atoms with E-state index in [0.29, 0.717) is 5.76 Å². The van der Waals surface area contributed by atoms with Crippen molar-refractivity contribution >= 4 is 20.0 Å². The van der Waals surface area contributed by atoms with E-state index in [1.807, 2.05) is 6.92 Å². The largest absolute Gasteiger partial charge is 0.468 e. The molecule has 126 valence electrons. The van der Waals surface area contributed by atoms with Crippen LogP contribution in [0.4, 0.5) is 0 Å². The van der Waals surface area contributed by atoms with Crippen LogP contribution in [0.5, 0.6) is 0 Å². The molecule has 0 unspecified atom stereocenters. The summed E-state index contributed by atoms with van der Waals surface area (Å²) in [5, 5.41) is 0. The van der Waals surface area contributed by atoms with Crippen molar-refractivity contribution in [3.8, 4) is 0 Å². The fourth-order valence-electron chi connectivity index (χ4n) is 1.78. The van der Waals surface area contributed by atoms with Crippen LogP contribution in [0, 0.1) is 6.92 Å². The van der Waals surface area contributed by atoms with Gasteiger partial charge in [-0.25, -0.2) is 26.3 Å². The number of rotatable bonds is 8. The molecule has 9 heteroatoms. The highest BCUT2D eigenvalue weighted by atomic mass is 32.2. The first-order valence-electron chi connectivity index (χ1n) is 6.84. The van der Waals surface area contributed by atoms with Crippen LogP contribution in [-0.4, -0.2) is 29.1 Å². The summed E-state index contributed by atoms with van der Waals surface area (Å²) in [7, 11) is -7.32. The quantitative estimate of drug-likeness (QED) is 0.732. The lowest BCUT2D eigenvalue weighted by atomic mass is 10.2. The van der Waals surface area contributed by atoms with Gasteiger partial charge < -0.3 is 4.42 Å². The molecule has 0 aliphatic rings. The molecular weight excluding hydrogens is 340 g/mol. The predicted molar refractivity (Wildman–Crippen MR) is 85.7 cm³/mol. The molecule has 0 fully saturated rings. The average molecular weight is 358 g/mol. The Labute approximate surface area is 135 Å². The van der Waals surface area contributed by atoms with E-state index in [4.69, 9.17) is 4.42 Å². The van der Waals surface area contributed by atoms with Crippen molar-refractivity contribution in [3.63, 3.8) is 0 Å². The molecule has 0 bridgehead atoms. The number of hydrogen-bond donors (Lipinski definition) is 2. The summed E-state index contributed by atoms with van der Waals surface area (Å²) in [5.41, 5.74) is 0.939. The van der Waals surface area contributed by atoms with Crippen molar-refractivity contribution in [1.29, 1.82) is 0 Å². The van der Waals surface area contributed by atoms with E-state index in [2.05, 4.69) is 9.44 Å². The Kier molecular flexibility index (Phi) is 5.58. The zero-order valence-corrected chi connectivity index (χ0v) is 14.2. The first kappa shape index (κ1) is 17.7. The van der Waals surface area contributed by atoms with Gasteiger partial charge in [0.2, 0.25) is 20.0 Å². The summed E-state index contributed by atoms with van der Waals surface area (Å²) in [5.74, 6) is 0.118. The zero-order chi connectivity index (χ0) is 16.9. The molecule has 0 spiro atoms. The first-order chi connectivity index (χ1) is 10.8. The minimum absolute atomic E-state index is 0.0278. The lowest BCUT2D eigenvalue weighted by Crippen LogP contribution is -2.34. The molecule has 1 aromatic carbocycles. The molecule has 7 nitrogen and oxygen atoms in total. The Morgan fingerprint density at radius 1 is 1.00 bits per heavy atom. The molecule has 1 heterocycles. The topological polar surface area (TPSA) is 105 Å². The van der Waals surface area contributed by atoms with Crippen molar-refractivity contribution in [2.45, 2.75) is 18.4 Å². The summed E-state index contributed by atoms with van der Waals surface area (Å²) in [6.07, 6.45) is 1.44. The van der Waals surface area contributed by atoms with Gasteiger partial charge in [0.1, 0.15) is 5.76 Å². The van der Waals surface area contributed by atoms with Crippen LogP contribution in [0.15, 0.2) is 52.0 Å². The third-order valence-electron chi connectivity index (χ3n) is 3.04. The second-order valence-electron chi connectivity index (χ2n) is 4.93. The summed E-state index contributed by atoms with van der Waals surface area (Å²) in [6.45, 7) is 1.66.